The molecular formula is C13H17NO6. The lowest BCUT2D eigenvalue weighted by Crippen LogP contribution is -2.20. The largest absolute Gasteiger partial charge is 0.481 e. The first-order chi connectivity index (χ1) is 9.49. The van der Waals surface area contributed by atoms with Crippen LogP contribution >= 0.6 is 0 Å². The van der Waals surface area contributed by atoms with Crippen LogP contribution in [-0.2, 0) is 9.47 Å². The molecule has 0 aliphatic carbocycles. The lowest BCUT2D eigenvalue weighted by molar-refractivity contribution is -0.386. The van der Waals surface area contributed by atoms with Crippen LogP contribution in [-0.4, -0.2) is 37.3 Å². The summed E-state index contributed by atoms with van der Waals surface area (Å²) in [4.78, 5) is 21.8. The molecule has 0 N–H and O–H groups in total. The van der Waals surface area contributed by atoms with E-state index in [0.717, 1.165) is 0 Å². The number of hydrogen-bond donors (Lipinski definition) is 0. The molecule has 7 nitrogen and oxygen atoms in total. The van der Waals surface area contributed by atoms with Crippen LogP contribution in [0.2, 0.25) is 0 Å². The first kappa shape index (κ1) is 15.9. The van der Waals surface area contributed by atoms with Crippen molar-refractivity contribution in [3.05, 3.63) is 33.9 Å². The molecule has 0 aliphatic rings. The Hall–Kier alpha value is -2.15. The summed E-state index contributed by atoms with van der Waals surface area (Å²) in [6.07, 6.45) is -0.374. The van der Waals surface area contributed by atoms with Crippen LogP contribution in [0.15, 0.2) is 18.2 Å². The Labute approximate surface area is 116 Å². The highest BCUT2D eigenvalue weighted by atomic mass is 16.6. The van der Waals surface area contributed by atoms with Crippen LogP contribution in [0.4, 0.5) is 5.69 Å². The predicted octanol–water partition coefficient (Wildman–Crippen LogP) is 2.19. The molecule has 0 aliphatic heterocycles. The Morgan fingerprint density at radius 1 is 1.45 bits per heavy atom. The SMILES string of the molecule is CCOCC(C)Oc1cc(C(=O)OC)ccc1[N+](=O)[O-]. The number of carbonyl (C=O) groups excluding carboxylic acids is 1. The maximum absolute atomic E-state index is 11.4. The van der Waals surface area contributed by atoms with E-state index < -0.39 is 10.9 Å². The van der Waals surface area contributed by atoms with E-state index in [4.69, 9.17) is 9.47 Å². The predicted molar refractivity (Wildman–Crippen MR) is 71.0 cm³/mol. The monoisotopic (exact) mass is 283 g/mol. The Morgan fingerprint density at radius 3 is 2.70 bits per heavy atom. The zero-order valence-electron chi connectivity index (χ0n) is 11.6. The molecule has 1 atom stereocenters. The topological polar surface area (TPSA) is 87.9 Å². The third kappa shape index (κ3) is 4.20. The molecule has 1 rings (SSSR count). The molecule has 0 amide bonds. The second-order valence-corrected chi connectivity index (χ2v) is 4.02. The molecule has 0 saturated heterocycles. The second-order valence-electron chi connectivity index (χ2n) is 4.02. The number of nitrogens with zero attached hydrogens (tertiary/aromatic N) is 1. The fraction of sp³-hybridized carbons (Fsp3) is 0.462. The molecular weight excluding hydrogens is 266 g/mol. The molecule has 110 valence electrons. The highest BCUT2D eigenvalue weighted by molar-refractivity contribution is 5.90. The average molecular weight is 283 g/mol. The van der Waals surface area contributed by atoms with E-state index in [1.54, 1.807) is 6.92 Å². The third-order valence-corrected chi connectivity index (χ3v) is 2.46. The van der Waals surface area contributed by atoms with E-state index in [2.05, 4.69) is 4.74 Å². The summed E-state index contributed by atoms with van der Waals surface area (Å²) in [7, 11) is 1.24. The van der Waals surface area contributed by atoms with E-state index in [1.165, 1.54) is 25.3 Å². The van der Waals surface area contributed by atoms with Gasteiger partial charge in [0.25, 0.3) is 0 Å². The minimum atomic E-state index is -0.581. The number of rotatable bonds is 7. The summed E-state index contributed by atoms with van der Waals surface area (Å²) >= 11 is 0. The number of benzene rings is 1. The minimum absolute atomic E-state index is 0.0186. The first-order valence-corrected chi connectivity index (χ1v) is 6.10. The summed E-state index contributed by atoms with van der Waals surface area (Å²) in [6.45, 7) is 4.39. The van der Waals surface area contributed by atoms with Crippen molar-refractivity contribution < 1.29 is 23.9 Å². The van der Waals surface area contributed by atoms with Crippen LogP contribution in [0.25, 0.3) is 0 Å². The Morgan fingerprint density at radius 2 is 2.15 bits per heavy atom. The molecule has 7 heteroatoms. The van der Waals surface area contributed by atoms with Crippen LogP contribution < -0.4 is 4.74 Å². The molecule has 0 radical (unpaired) electrons. The molecule has 1 unspecified atom stereocenters. The Balaban J connectivity index is 2.99. The fourth-order valence-electron chi connectivity index (χ4n) is 1.54. The maximum Gasteiger partial charge on any atom is 0.337 e. The number of hydrogen-bond acceptors (Lipinski definition) is 6. The molecule has 0 bridgehead atoms. The van der Waals surface area contributed by atoms with E-state index >= 15 is 0 Å². The molecule has 1 aromatic rings. The van der Waals surface area contributed by atoms with Crippen LogP contribution in [0.1, 0.15) is 24.2 Å². The molecule has 0 saturated carbocycles. The van der Waals surface area contributed by atoms with Gasteiger partial charge >= 0.3 is 11.7 Å². The van der Waals surface area contributed by atoms with Gasteiger partial charge in [0.15, 0.2) is 5.75 Å². The Kier molecular flexibility index (Phi) is 5.92. The lowest BCUT2D eigenvalue weighted by atomic mass is 10.2. The summed E-state index contributed by atoms with van der Waals surface area (Å²) in [6, 6.07) is 3.84. The number of carbonyl (C=O) groups is 1. The van der Waals surface area contributed by atoms with E-state index in [-0.39, 0.29) is 23.1 Å². The van der Waals surface area contributed by atoms with Crippen molar-refractivity contribution in [1.82, 2.24) is 0 Å². The van der Waals surface area contributed by atoms with Crippen molar-refractivity contribution >= 4 is 11.7 Å². The molecule has 0 aromatic heterocycles. The van der Waals surface area contributed by atoms with E-state index in [1.807, 2.05) is 6.92 Å². The molecule has 1 aromatic carbocycles. The highest BCUT2D eigenvalue weighted by Crippen LogP contribution is 2.29. The fourth-order valence-corrected chi connectivity index (χ4v) is 1.54. The van der Waals surface area contributed by atoms with Crippen molar-refractivity contribution in [2.75, 3.05) is 20.3 Å². The van der Waals surface area contributed by atoms with Crippen molar-refractivity contribution in [2.45, 2.75) is 20.0 Å². The zero-order chi connectivity index (χ0) is 15.1. The number of ether oxygens (including phenoxy) is 3. The number of nitro benzene ring substituents is 1. The van der Waals surface area contributed by atoms with Gasteiger partial charge in [-0.2, -0.15) is 0 Å². The minimum Gasteiger partial charge on any atom is -0.481 e. The number of esters is 1. The summed E-state index contributed by atoms with van der Waals surface area (Å²) in [5.74, 6) is -0.563. The van der Waals surface area contributed by atoms with Crippen molar-refractivity contribution in [1.29, 1.82) is 0 Å². The van der Waals surface area contributed by atoms with Gasteiger partial charge in [0.1, 0.15) is 6.10 Å². The van der Waals surface area contributed by atoms with E-state index in [9.17, 15) is 14.9 Å². The molecule has 20 heavy (non-hydrogen) atoms. The maximum atomic E-state index is 11.4. The lowest BCUT2D eigenvalue weighted by Gasteiger charge is -2.15. The van der Waals surface area contributed by atoms with Crippen molar-refractivity contribution in [3.8, 4) is 5.75 Å². The average Bonchev–Trinajstić information content (AvgIpc) is 2.43. The third-order valence-electron chi connectivity index (χ3n) is 2.46. The standard InChI is InChI=1S/C13H17NO6/c1-4-19-8-9(2)20-12-7-10(13(15)18-3)5-6-11(12)14(16)17/h5-7,9H,4,8H2,1-3H3. The van der Waals surface area contributed by atoms with Gasteiger partial charge in [-0.1, -0.05) is 0 Å². The summed E-state index contributed by atoms with van der Waals surface area (Å²) in [5.41, 5.74) is -0.0160. The van der Waals surface area contributed by atoms with Gasteiger partial charge in [0.05, 0.1) is 24.2 Å². The first-order valence-electron chi connectivity index (χ1n) is 6.10. The van der Waals surface area contributed by atoms with Gasteiger partial charge < -0.3 is 14.2 Å². The second kappa shape index (κ2) is 7.44. The quantitative estimate of drug-likeness (QED) is 0.433. The van der Waals surface area contributed by atoms with Gasteiger partial charge in [-0.05, 0) is 19.9 Å². The van der Waals surface area contributed by atoms with Crippen molar-refractivity contribution in [2.24, 2.45) is 0 Å². The molecule has 0 fully saturated rings. The highest BCUT2D eigenvalue weighted by Gasteiger charge is 2.20. The van der Waals surface area contributed by atoms with Crippen LogP contribution in [0.3, 0.4) is 0 Å². The molecule has 0 heterocycles. The zero-order valence-corrected chi connectivity index (χ0v) is 11.6. The number of methoxy groups -OCH3 is 1. The van der Waals surface area contributed by atoms with Gasteiger partial charge in [-0.15, -0.1) is 0 Å². The summed E-state index contributed by atoms with van der Waals surface area (Å²) < 4.78 is 15.2. The van der Waals surface area contributed by atoms with Gasteiger partial charge in [-0.3, -0.25) is 10.1 Å². The van der Waals surface area contributed by atoms with Gasteiger partial charge in [-0.25, -0.2) is 4.79 Å². The summed E-state index contributed by atoms with van der Waals surface area (Å²) in [5, 5.41) is 10.9. The van der Waals surface area contributed by atoms with Crippen LogP contribution in [0, 0.1) is 10.1 Å². The normalized spacial score (nSPS) is 11.8. The van der Waals surface area contributed by atoms with Gasteiger partial charge in [0, 0.05) is 18.7 Å². The van der Waals surface area contributed by atoms with Crippen molar-refractivity contribution in [3.63, 3.8) is 0 Å². The molecule has 0 spiro atoms. The Bertz CT molecular complexity index is 488. The van der Waals surface area contributed by atoms with Crippen LogP contribution in [0.5, 0.6) is 5.75 Å². The van der Waals surface area contributed by atoms with Gasteiger partial charge in [0.2, 0.25) is 0 Å². The smallest absolute Gasteiger partial charge is 0.337 e. The van der Waals surface area contributed by atoms with E-state index in [0.29, 0.717) is 13.2 Å². The number of nitro groups is 1.